The lowest BCUT2D eigenvalue weighted by molar-refractivity contribution is 0.299. The molecule has 22 heavy (non-hydrogen) atoms. The molecule has 2 unspecified atom stereocenters. The van der Waals surface area contributed by atoms with E-state index in [0.29, 0.717) is 18.3 Å². The molecule has 4 N–H and O–H groups in total. The molecular weight excluding hydrogens is 323 g/mol. The summed E-state index contributed by atoms with van der Waals surface area (Å²) in [6.45, 7) is 0.539. The van der Waals surface area contributed by atoms with Crippen LogP contribution >= 0.6 is 24.8 Å². The molecular formula is C15H22Cl2N4O. The number of aromatic nitrogens is 2. The van der Waals surface area contributed by atoms with E-state index in [9.17, 15) is 0 Å². The van der Waals surface area contributed by atoms with E-state index < -0.39 is 0 Å². The van der Waals surface area contributed by atoms with Gasteiger partial charge >= 0.3 is 0 Å². The van der Waals surface area contributed by atoms with Crippen LogP contribution in [-0.4, -0.2) is 16.2 Å². The molecule has 0 saturated heterocycles. The fourth-order valence-electron chi connectivity index (χ4n) is 2.76. The summed E-state index contributed by atoms with van der Waals surface area (Å²) in [6.07, 6.45) is 4.25. The van der Waals surface area contributed by atoms with Gasteiger partial charge in [0.25, 0.3) is 0 Å². The summed E-state index contributed by atoms with van der Waals surface area (Å²) in [5, 5.41) is 4.08. The van der Waals surface area contributed by atoms with Crippen LogP contribution in [0.1, 0.15) is 43.1 Å². The molecule has 1 aromatic heterocycles. The Balaban J connectivity index is 0.00000121. The van der Waals surface area contributed by atoms with Crippen molar-refractivity contribution < 1.29 is 4.52 Å². The lowest BCUT2D eigenvalue weighted by Gasteiger charge is -2.23. The van der Waals surface area contributed by atoms with Crippen LogP contribution in [0.2, 0.25) is 0 Å². The molecule has 7 heteroatoms. The van der Waals surface area contributed by atoms with Crippen molar-refractivity contribution in [3.05, 3.63) is 35.7 Å². The van der Waals surface area contributed by atoms with E-state index in [0.717, 1.165) is 42.7 Å². The molecule has 1 aliphatic carbocycles. The number of rotatable bonds is 3. The van der Waals surface area contributed by atoms with Gasteiger partial charge in [0, 0.05) is 24.1 Å². The van der Waals surface area contributed by atoms with Crippen LogP contribution < -0.4 is 11.5 Å². The molecule has 2 aromatic rings. The fourth-order valence-corrected chi connectivity index (χ4v) is 2.76. The molecule has 0 spiro atoms. The van der Waals surface area contributed by atoms with Crippen LogP contribution in [0.15, 0.2) is 28.8 Å². The summed E-state index contributed by atoms with van der Waals surface area (Å²) in [7, 11) is 0. The normalized spacial score (nSPS) is 20.8. The third kappa shape index (κ3) is 4.20. The average Bonchev–Trinajstić information content (AvgIpc) is 2.97. The monoisotopic (exact) mass is 344 g/mol. The second kappa shape index (κ2) is 8.48. The number of nitrogens with zero attached hydrogens (tertiary/aromatic N) is 2. The highest BCUT2D eigenvalue weighted by molar-refractivity contribution is 5.85. The van der Waals surface area contributed by atoms with Gasteiger partial charge in [0.1, 0.15) is 0 Å². The van der Waals surface area contributed by atoms with E-state index >= 15 is 0 Å². The second-order valence-corrected chi connectivity index (χ2v) is 5.48. The van der Waals surface area contributed by atoms with E-state index in [1.807, 2.05) is 24.3 Å². The summed E-state index contributed by atoms with van der Waals surface area (Å²) in [6, 6.07) is 8.18. The van der Waals surface area contributed by atoms with Gasteiger partial charge in [0.2, 0.25) is 11.7 Å². The zero-order chi connectivity index (χ0) is 13.9. The van der Waals surface area contributed by atoms with Gasteiger partial charge in [-0.3, -0.25) is 0 Å². The summed E-state index contributed by atoms with van der Waals surface area (Å²) in [5.74, 6) is 1.67. The molecule has 0 bridgehead atoms. The molecule has 1 aromatic carbocycles. The van der Waals surface area contributed by atoms with Crippen molar-refractivity contribution in [1.82, 2.24) is 10.1 Å². The van der Waals surface area contributed by atoms with Crippen molar-refractivity contribution in [1.29, 1.82) is 0 Å². The molecule has 1 fully saturated rings. The largest absolute Gasteiger partial charge is 0.339 e. The van der Waals surface area contributed by atoms with Gasteiger partial charge in [0.15, 0.2) is 0 Å². The number of hydrogen-bond acceptors (Lipinski definition) is 5. The third-order valence-electron chi connectivity index (χ3n) is 3.95. The van der Waals surface area contributed by atoms with E-state index in [1.54, 1.807) is 0 Å². The van der Waals surface area contributed by atoms with Gasteiger partial charge in [-0.2, -0.15) is 4.98 Å². The van der Waals surface area contributed by atoms with Crippen molar-refractivity contribution in [2.75, 3.05) is 0 Å². The highest BCUT2D eigenvalue weighted by Gasteiger charge is 2.25. The van der Waals surface area contributed by atoms with Crippen molar-refractivity contribution in [3.63, 3.8) is 0 Å². The minimum Gasteiger partial charge on any atom is -0.339 e. The molecule has 2 atom stereocenters. The third-order valence-corrected chi connectivity index (χ3v) is 3.95. The van der Waals surface area contributed by atoms with E-state index in [2.05, 4.69) is 10.1 Å². The second-order valence-electron chi connectivity index (χ2n) is 5.48. The number of nitrogens with two attached hydrogens (primary N) is 2. The van der Waals surface area contributed by atoms with Crippen molar-refractivity contribution >= 4 is 24.8 Å². The summed E-state index contributed by atoms with van der Waals surface area (Å²) in [5.41, 5.74) is 13.7. The quantitative estimate of drug-likeness (QED) is 0.892. The van der Waals surface area contributed by atoms with Gasteiger partial charge in [0.05, 0.1) is 0 Å². The average molecular weight is 345 g/mol. The van der Waals surface area contributed by atoms with Gasteiger partial charge in [-0.05, 0) is 24.8 Å². The van der Waals surface area contributed by atoms with E-state index in [1.165, 1.54) is 0 Å². The van der Waals surface area contributed by atoms with E-state index in [-0.39, 0.29) is 30.9 Å². The smallest absolute Gasteiger partial charge is 0.230 e. The summed E-state index contributed by atoms with van der Waals surface area (Å²) >= 11 is 0. The van der Waals surface area contributed by atoms with Crippen LogP contribution in [0.25, 0.3) is 11.4 Å². The summed E-state index contributed by atoms with van der Waals surface area (Å²) in [4.78, 5) is 4.53. The Labute approximate surface area is 142 Å². The van der Waals surface area contributed by atoms with Crippen molar-refractivity contribution in [2.45, 2.75) is 44.2 Å². The Kier molecular flexibility index (Phi) is 7.29. The van der Waals surface area contributed by atoms with Gasteiger partial charge in [-0.1, -0.05) is 35.8 Å². The van der Waals surface area contributed by atoms with Crippen LogP contribution in [0.4, 0.5) is 0 Å². The SMILES string of the molecule is Cl.Cl.NCc1ccc(-c2noc(C3CCCC(N)C3)n2)cc1. The standard InChI is InChI=1S/C15H20N4O.2ClH/c16-9-10-4-6-11(7-5-10)14-18-15(20-19-14)12-2-1-3-13(17)8-12;;/h4-7,12-13H,1-3,8-9,16-17H2;2*1H. The molecule has 5 nitrogen and oxygen atoms in total. The van der Waals surface area contributed by atoms with Gasteiger partial charge < -0.3 is 16.0 Å². The number of benzene rings is 1. The summed E-state index contributed by atoms with van der Waals surface area (Å²) < 4.78 is 5.42. The molecule has 0 radical (unpaired) electrons. The first-order valence-corrected chi connectivity index (χ1v) is 7.15. The minimum atomic E-state index is 0. The Morgan fingerprint density at radius 3 is 2.50 bits per heavy atom. The lowest BCUT2D eigenvalue weighted by Crippen LogP contribution is -2.26. The molecule has 122 valence electrons. The zero-order valence-corrected chi connectivity index (χ0v) is 13.9. The molecule has 1 saturated carbocycles. The molecule has 0 amide bonds. The highest BCUT2D eigenvalue weighted by Crippen LogP contribution is 2.32. The van der Waals surface area contributed by atoms with Crippen LogP contribution in [0.3, 0.4) is 0 Å². The molecule has 1 aliphatic rings. The maximum Gasteiger partial charge on any atom is 0.230 e. The Morgan fingerprint density at radius 2 is 1.86 bits per heavy atom. The first-order valence-electron chi connectivity index (χ1n) is 7.15. The van der Waals surface area contributed by atoms with Crippen LogP contribution in [0, 0.1) is 0 Å². The maximum absolute atomic E-state index is 6.01. The fraction of sp³-hybridized carbons (Fsp3) is 0.467. The molecule has 1 heterocycles. The zero-order valence-electron chi connectivity index (χ0n) is 12.3. The van der Waals surface area contributed by atoms with Crippen molar-refractivity contribution in [3.8, 4) is 11.4 Å². The number of hydrogen-bond donors (Lipinski definition) is 2. The van der Waals surface area contributed by atoms with Gasteiger partial charge in [-0.25, -0.2) is 0 Å². The van der Waals surface area contributed by atoms with Crippen LogP contribution in [0.5, 0.6) is 0 Å². The maximum atomic E-state index is 6.01. The predicted octanol–water partition coefficient (Wildman–Crippen LogP) is 3.02. The first kappa shape index (κ1) is 18.9. The van der Waals surface area contributed by atoms with Gasteiger partial charge in [-0.15, -0.1) is 24.8 Å². The number of halogens is 2. The topological polar surface area (TPSA) is 91.0 Å². The van der Waals surface area contributed by atoms with E-state index in [4.69, 9.17) is 16.0 Å². The Hall–Kier alpha value is -1.14. The lowest BCUT2D eigenvalue weighted by atomic mass is 9.86. The molecule has 0 aliphatic heterocycles. The van der Waals surface area contributed by atoms with Crippen LogP contribution in [-0.2, 0) is 6.54 Å². The first-order chi connectivity index (χ1) is 9.76. The van der Waals surface area contributed by atoms with Crippen molar-refractivity contribution in [2.24, 2.45) is 11.5 Å². The molecule has 3 rings (SSSR count). The Morgan fingerprint density at radius 1 is 1.14 bits per heavy atom. The predicted molar refractivity (Wildman–Crippen MR) is 91.3 cm³/mol. The minimum absolute atomic E-state index is 0. The highest BCUT2D eigenvalue weighted by atomic mass is 35.5. The Bertz CT molecular complexity index is 573.